The zero-order chi connectivity index (χ0) is 12.3. The Hall–Kier alpha value is -0.580. The molecule has 0 aliphatic heterocycles. The van der Waals surface area contributed by atoms with Crippen LogP contribution in [0.25, 0.3) is 0 Å². The Kier molecular flexibility index (Phi) is 4.42. The Morgan fingerprint density at radius 3 is 2.47 bits per heavy atom. The second-order valence-corrected chi connectivity index (χ2v) is 5.79. The number of para-hydroxylation sites is 1. The highest BCUT2D eigenvalue weighted by molar-refractivity contribution is 14.1. The Morgan fingerprint density at radius 2 is 1.88 bits per heavy atom. The van der Waals surface area contributed by atoms with Gasteiger partial charge in [0.1, 0.15) is 0 Å². The van der Waals surface area contributed by atoms with Crippen molar-refractivity contribution >= 4 is 34.2 Å². The Balaban J connectivity index is 2.28. The van der Waals surface area contributed by atoms with Crippen LogP contribution < -0.4 is 4.90 Å². The van der Waals surface area contributed by atoms with Crippen LogP contribution in [0.4, 0.5) is 5.69 Å². The molecule has 0 N–H and O–H groups in total. The largest absolute Gasteiger partial charge is 0.309 e. The summed E-state index contributed by atoms with van der Waals surface area (Å²) in [5.41, 5.74) is 1.08. The molecule has 17 heavy (non-hydrogen) atoms. The van der Waals surface area contributed by atoms with Gasteiger partial charge in [-0.15, -0.1) is 0 Å². The number of amides is 1. The highest BCUT2D eigenvalue weighted by atomic mass is 127. The minimum atomic E-state index is 0.168. The summed E-state index contributed by atoms with van der Waals surface area (Å²) < 4.78 is 1.16. The number of rotatable bonds is 2. The molecule has 3 heteroatoms. The summed E-state index contributed by atoms with van der Waals surface area (Å²) in [5.74, 6) is 0.168. The van der Waals surface area contributed by atoms with Gasteiger partial charge in [-0.2, -0.15) is 0 Å². The van der Waals surface area contributed by atoms with Gasteiger partial charge in [0.15, 0.2) is 0 Å². The molecule has 0 heterocycles. The quantitative estimate of drug-likeness (QED) is 0.744. The summed E-state index contributed by atoms with van der Waals surface area (Å²) >= 11 is 2.31. The molecule has 1 aromatic rings. The zero-order valence-corrected chi connectivity index (χ0v) is 12.3. The fourth-order valence-corrected chi connectivity index (χ4v) is 3.26. The first-order valence-corrected chi connectivity index (χ1v) is 7.32. The van der Waals surface area contributed by atoms with Gasteiger partial charge in [0.2, 0.25) is 5.91 Å². The fourth-order valence-electron chi connectivity index (χ4n) is 2.61. The molecule has 0 atom stereocenters. The summed E-state index contributed by atoms with van der Waals surface area (Å²) in [6, 6.07) is 8.55. The smallest absolute Gasteiger partial charge is 0.224 e. The molecular weight excluding hydrogens is 325 g/mol. The second-order valence-electron chi connectivity index (χ2n) is 4.63. The summed E-state index contributed by atoms with van der Waals surface area (Å²) in [4.78, 5) is 13.9. The van der Waals surface area contributed by atoms with Gasteiger partial charge in [-0.05, 0) is 47.6 Å². The Bertz CT molecular complexity index is 399. The molecule has 2 rings (SSSR count). The van der Waals surface area contributed by atoms with E-state index in [0.29, 0.717) is 6.04 Å². The summed E-state index contributed by atoms with van der Waals surface area (Å²) in [7, 11) is 0. The second kappa shape index (κ2) is 5.85. The lowest BCUT2D eigenvalue weighted by Crippen LogP contribution is -2.40. The van der Waals surface area contributed by atoms with E-state index >= 15 is 0 Å². The summed E-state index contributed by atoms with van der Waals surface area (Å²) in [6.07, 6.45) is 6.10. The lowest BCUT2D eigenvalue weighted by Gasteiger charge is -2.34. The number of hydrogen-bond acceptors (Lipinski definition) is 1. The molecule has 1 saturated carbocycles. The van der Waals surface area contributed by atoms with E-state index in [4.69, 9.17) is 0 Å². The van der Waals surface area contributed by atoms with E-state index in [1.54, 1.807) is 6.92 Å². The van der Waals surface area contributed by atoms with Crippen molar-refractivity contribution in [3.8, 4) is 0 Å². The standard InChI is InChI=1S/C14H18INO/c1-11(17)16(12-7-3-2-4-8-12)14-10-6-5-9-13(14)15/h5-6,9-10,12H,2-4,7-8H2,1H3. The minimum Gasteiger partial charge on any atom is -0.309 e. The maximum atomic E-state index is 11.9. The van der Waals surface area contributed by atoms with Gasteiger partial charge >= 0.3 is 0 Å². The lowest BCUT2D eigenvalue weighted by atomic mass is 9.93. The number of anilines is 1. The molecule has 1 aliphatic carbocycles. The average molecular weight is 343 g/mol. The molecular formula is C14H18INO. The number of nitrogens with zero attached hydrogens (tertiary/aromatic N) is 1. The molecule has 0 bridgehead atoms. The molecule has 1 aliphatic rings. The third-order valence-electron chi connectivity index (χ3n) is 3.39. The van der Waals surface area contributed by atoms with Crippen LogP contribution in [0.5, 0.6) is 0 Å². The fraction of sp³-hybridized carbons (Fsp3) is 0.500. The van der Waals surface area contributed by atoms with Gasteiger partial charge in [0, 0.05) is 16.5 Å². The molecule has 2 nitrogen and oxygen atoms in total. The van der Waals surface area contributed by atoms with Crippen LogP contribution in [-0.4, -0.2) is 11.9 Å². The molecule has 1 fully saturated rings. The van der Waals surface area contributed by atoms with Gasteiger partial charge in [-0.1, -0.05) is 31.4 Å². The third-order valence-corrected chi connectivity index (χ3v) is 4.30. The maximum Gasteiger partial charge on any atom is 0.224 e. The SMILES string of the molecule is CC(=O)N(c1ccccc1I)C1CCCCC1. The number of hydrogen-bond donors (Lipinski definition) is 0. The molecule has 1 aromatic carbocycles. The minimum absolute atomic E-state index is 0.168. The summed E-state index contributed by atoms with van der Waals surface area (Å²) in [6.45, 7) is 1.68. The molecule has 0 radical (unpaired) electrons. The van der Waals surface area contributed by atoms with Crippen molar-refractivity contribution in [1.29, 1.82) is 0 Å². The van der Waals surface area contributed by atoms with E-state index in [9.17, 15) is 4.79 Å². The molecule has 0 aromatic heterocycles. The normalized spacial score (nSPS) is 16.8. The van der Waals surface area contributed by atoms with Crippen molar-refractivity contribution in [3.05, 3.63) is 27.8 Å². The Morgan fingerprint density at radius 1 is 1.24 bits per heavy atom. The van der Waals surface area contributed by atoms with E-state index in [-0.39, 0.29) is 5.91 Å². The monoisotopic (exact) mass is 343 g/mol. The van der Waals surface area contributed by atoms with Crippen molar-refractivity contribution in [2.75, 3.05) is 4.90 Å². The Labute approximate surface area is 117 Å². The molecule has 0 spiro atoms. The average Bonchev–Trinajstić information content (AvgIpc) is 2.33. The first-order chi connectivity index (χ1) is 8.20. The first-order valence-electron chi connectivity index (χ1n) is 6.24. The molecule has 0 unspecified atom stereocenters. The van der Waals surface area contributed by atoms with Gasteiger partial charge in [-0.25, -0.2) is 0 Å². The predicted molar refractivity (Wildman–Crippen MR) is 79.2 cm³/mol. The number of halogens is 1. The van der Waals surface area contributed by atoms with Gasteiger partial charge in [0.05, 0.1) is 5.69 Å². The highest BCUT2D eigenvalue weighted by Crippen LogP contribution is 2.30. The van der Waals surface area contributed by atoms with E-state index < -0.39 is 0 Å². The van der Waals surface area contributed by atoms with Gasteiger partial charge < -0.3 is 4.90 Å². The van der Waals surface area contributed by atoms with Crippen molar-refractivity contribution in [1.82, 2.24) is 0 Å². The molecule has 1 amide bonds. The maximum absolute atomic E-state index is 11.9. The van der Waals surface area contributed by atoms with Crippen molar-refractivity contribution in [2.24, 2.45) is 0 Å². The first kappa shape index (κ1) is 12.9. The van der Waals surface area contributed by atoms with Crippen LogP contribution in [0.3, 0.4) is 0 Å². The zero-order valence-electron chi connectivity index (χ0n) is 10.2. The van der Waals surface area contributed by atoms with Gasteiger partial charge in [-0.3, -0.25) is 4.79 Å². The van der Waals surface area contributed by atoms with Crippen molar-refractivity contribution in [2.45, 2.75) is 45.1 Å². The highest BCUT2D eigenvalue weighted by Gasteiger charge is 2.25. The third kappa shape index (κ3) is 3.00. The van der Waals surface area contributed by atoms with Crippen LogP contribution >= 0.6 is 22.6 Å². The molecule has 0 saturated heterocycles. The topological polar surface area (TPSA) is 20.3 Å². The molecule has 92 valence electrons. The van der Waals surface area contributed by atoms with E-state index in [0.717, 1.165) is 22.1 Å². The van der Waals surface area contributed by atoms with Crippen LogP contribution in [0.2, 0.25) is 0 Å². The lowest BCUT2D eigenvalue weighted by molar-refractivity contribution is -0.117. The predicted octanol–water partition coefficient (Wildman–Crippen LogP) is 3.98. The number of carbonyl (C=O) groups excluding carboxylic acids is 1. The van der Waals surface area contributed by atoms with Crippen LogP contribution in [0, 0.1) is 3.57 Å². The number of benzene rings is 1. The number of carbonyl (C=O) groups is 1. The van der Waals surface area contributed by atoms with Crippen LogP contribution in [-0.2, 0) is 4.79 Å². The van der Waals surface area contributed by atoms with Gasteiger partial charge in [0.25, 0.3) is 0 Å². The van der Waals surface area contributed by atoms with Crippen LogP contribution in [0.15, 0.2) is 24.3 Å². The van der Waals surface area contributed by atoms with Crippen LogP contribution in [0.1, 0.15) is 39.0 Å². The van der Waals surface area contributed by atoms with E-state index in [1.165, 1.54) is 19.3 Å². The van der Waals surface area contributed by atoms with E-state index in [2.05, 4.69) is 34.7 Å². The van der Waals surface area contributed by atoms with E-state index in [1.807, 2.05) is 17.0 Å². The van der Waals surface area contributed by atoms with Crippen molar-refractivity contribution in [3.63, 3.8) is 0 Å². The summed E-state index contributed by atoms with van der Waals surface area (Å²) in [5, 5.41) is 0. The van der Waals surface area contributed by atoms with Crippen molar-refractivity contribution < 1.29 is 4.79 Å².